The number of phenolic OH excluding ortho intramolecular Hbond substituents is 1. The minimum Gasteiger partial charge on any atom is -0.507 e. The molecule has 5 heteroatoms. The van der Waals surface area contributed by atoms with Crippen LogP contribution in [0.2, 0.25) is 0 Å². The van der Waals surface area contributed by atoms with E-state index in [9.17, 15) is 5.11 Å². The summed E-state index contributed by atoms with van der Waals surface area (Å²) in [7, 11) is 0. The zero-order valence-corrected chi connectivity index (χ0v) is 20.2. The van der Waals surface area contributed by atoms with Crippen LogP contribution < -0.4 is 11.5 Å². The van der Waals surface area contributed by atoms with Gasteiger partial charge in [0.1, 0.15) is 5.75 Å². The lowest BCUT2D eigenvalue weighted by atomic mass is 9.89. The first-order chi connectivity index (χ1) is 16.4. The molecule has 0 aromatic heterocycles. The van der Waals surface area contributed by atoms with Crippen molar-refractivity contribution in [1.82, 2.24) is 0 Å². The van der Waals surface area contributed by atoms with E-state index in [1.165, 1.54) is 0 Å². The predicted molar refractivity (Wildman–Crippen MR) is 151 cm³/mol. The zero-order valence-electron chi connectivity index (χ0n) is 19.4. The van der Waals surface area contributed by atoms with E-state index < -0.39 is 0 Å². The topological polar surface area (TPSA) is 96.1 Å². The molecule has 35 heavy (non-hydrogen) atoms. The molecule has 0 unspecified atom stereocenters. The molecule has 0 amide bonds. The third kappa shape index (κ3) is 5.99. The molecular formula is C30H28ClN3O. The zero-order chi connectivity index (χ0) is 24.1. The summed E-state index contributed by atoms with van der Waals surface area (Å²) in [5.74, 6) is 0.350. The number of nitrogen functional groups attached to an aromatic ring is 2. The molecule has 5 rings (SSSR count). The summed E-state index contributed by atoms with van der Waals surface area (Å²) in [6.07, 6.45) is 5.86. The number of allylic oxidation sites excluding steroid dienone is 5. The van der Waals surface area contributed by atoms with Gasteiger partial charge in [0.2, 0.25) is 0 Å². The first-order valence-electron chi connectivity index (χ1n) is 11.0. The number of phenols is 1. The fourth-order valence-electron chi connectivity index (χ4n) is 3.83. The summed E-state index contributed by atoms with van der Waals surface area (Å²) in [5, 5.41) is 19.2. The fraction of sp³-hybridized carbons (Fsp3) is 0.0333. The third-order valence-electron chi connectivity index (χ3n) is 5.68. The number of aromatic hydroxyl groups is 1. The quantitative estimate of drug-likeness (QED) is 0.229. The van der Waals surface area contributed by atoms with Gasteiger partial charge in [-0.1, -0.05) is 66.7 Å². The first-order valence-corrected chi connectivity index (χ1v) is 11.0. The van der Waals surface area contributed by atoms with Crippen LogP contribution in [0.25, 0.3) is 16.3 Å². The molecule has 0 fully saturated rings. The number of fused-ring (bicyclic) bond motifs is 1. The molecule has 0 aliphatic heterocycles. The second-order valence-electron chi connectivity index (χ2n) is 8.15. The van der Waals surface area contributed by atoms with Crippen LogP contribution in [0.4, 0.5) is 11.4 Å². The lowest BCUT2D eigenvalue weighted by Gasteiger charge is -2.16. The molecule has 4 nitrogen and oxygen atoms in total. The van der Waals surface area contributed by atoms with E-state index in [-0.39, 0.29) is 12.4 Å². The fourth-order valence-corrected chi connectivity index (χ4v) is 3.83. The lowest BCUT2D eigenvalue weighted by molar-refractivity contribution is 0.481. The number of nitrogens with two attached hydrogens (primary N) is 2. The van der Waals surface area contributed by atoms with Crippen molar-refractivity contribution >= 4 is 45.8 Å². The monoisotopic (exact) mass is 481 g/mol. The Morgan fingerprint density at radius 1 is 0.714 bits per heavy atom. The van der Waals surface area contributed by atoms with Gasteiger partial charge in [-0.05, 0) is 82.6 Å². The molecule has 6 N–H and O–H groups in total. The summed E-state index contributed by atoms with van der Waals surface area (Å²) in [5.41, 5.74) is 19.0. The number of hydrogen-bond donors (Lipinski definition) is 4. The highest BCUT2D eigenvalue weighted by Crippen LogP contribution is 2.31. The maximum Gasteiger partial charge on any atom is 0.123 e. The number of rotatable bonds is 2. The molecular weight excluding hydrogens is 454 g/mol. The molecule has 176 valence electrons. The molecule has 0 heterocycles. The molecule has 0 atom stereocenters. The Hall–Kier alpha value is -4.28. The standard InChI is InChI=1S/C20H19N3.C10H8O.ClH/c1-13-12-16(6-11-19(13)23)20(14-2-7-17(21)8-3-14)15-4-9-18(22)10-5-15;11-10-7-3-5-8-4-1-2-6-9(8)10;/h2-12,23H,21-22H2,1H3;1-7,11H;1H. The molecule has 1 aliphatic rings. The molecule has 0 spiro atoms. The lowest BCUT2D eigenvalue weighted by Crippen LogP contribution is -2.01. The molecule has 0 bridgehead atoms. The number of nitrogens with one attached hydrogen (secondary N) is 1. The summed E-state index contributed by atoms with van der Waals surface area (Å²) in [4.78, 5) is 0. The summed E-state index contributed by atoms with van der Waals surface area (Å²) >= 11 is 0. The van der Waals surface area contributed by atoms with Crippen LogP contribution in [0.5, 0.6) is 5.75 Å². The minimum absolute atomic E-state index is 0. The Balaban J connectivity index is 0.000000239. The van der Waals surface area contributed by atoms with E-state index in [0.717, 1.165) is 50.0 Å². The van der Waals surface area contributed by atoms with Crippen molar-refractivity contribution in [3.63, 3.8) is 0 Å². The van der Waals surface area contributed by atoms with Crippen LogP contribution in [0.3, 0.4) is 0 Å². The normalized spacial score (nSPS) is 12.3. The largest absolute Gasteiger partial charge is 0.507 e. The average molecular weight is 482 g/mol. The second kappa shape index (κ2) is 11.2. The molecule has 0 saturated heterocycles. The van der Waals surface area contributed by atoms with Crippen LogP contribution in [-0.2, 0) is 0 Å². The van der Waals surface area contributed by atoms with Crippen LogP contribution in [0.1, 0.15) is 18.1 Å². The van der Waals surface area contributed by atoms with Gasteiger partial charge in [0, 0.05) is 16.8 Å². The first kappa shape index (κ1) is 25.3. The third-order valence-corrected chi connectivity index (χ3v) is 5.68. The Labute approximate surface area is 211 Å². The Bertz CT molecular complexity index is 1380. The van der Waals surface area contributed by atoms with Gasteiger partial charge in [-0.3, -0.25) is 0 Å². The van der Waals surface area contributed by atoms with Gasteiger partial charge >= 0.3 is 0 Å². The minimum atomic E-state index is 0. The van der Waals surface area contributed by atoms with Gasteiger partial charge < -0.3 is 22.0 Å². The van der Waals surface area contributed by atoms with Crippen LogP contribution in [-0.4, -0.2) is 10.8 Å². The van der Waals surface area contributed by atoms with E-state index >= 15 is 0 Å². The van der Waals surface area contributed by atoms with Crippen molar-refractivity contribution in [2.24, 2.45) is 0 Å². The number of benzene rings is 4. The number of anilines is 2. The smallest absolute Gasteiger partial charge is 0.123 e. The van der Waals surface area contributed by atoms with Crippen LogP contribution in [0.15, 0.2) is 120 Å². The van der Waals surface area contributed by atoms with Crippen LogP contribution in [0, 0.1) is 5.41 Å². The highest BCUT2D eigenvalue weighted by molar-refractivity contribution is 6.08. The van der Waals surface area contributed by atoms with Gasteiger partial charge in [-0.25, -0.2) is 0 Å². The number of halogens is 1. The van der Waals surface area contributed by atoms with E-state index in [1.54, 1.807) is 6.07 Å². The van der Waals surface area contributed by atoms with Gasteiger partial charge in [0.25, 0.3) is 0 Å². The van der Waals surface area contributed by atoms with Crippen molar-refractivity contribution in [1.29, 1.82) is 5.41 Å². The van der Waals surface area contributed by atoms with Gasteiger partial charge in [0.05, 0.1) is 5.71 Å². The second-order valence-corrected chi connectivity index (χ2v) is 8.15. The highest BCUT2D eigenvalue weighted by atomic mass is 35.5. The van der Waals surface area contributed by atoms with Crippen molar-refractivity contribution in [3.05, 3.63) is 131 Å². The van der Waals surface area contributed by atoms with Gasteiger partial charge in [-0.15, -0.1) is 12.4 Å². The van der Waals surface area contributed by atoms with Crippen molar-refractivity contribution in [2.75, 3.05) is 11.5 Å². The Morgan fingerprint density at radius 3 is 1.80 bits per heavy atom. The Morgan fingerprint density at radius 2 is 1.26 bits per heavy atom. The van der Waals surface area contributed by atoms with Gasteiger partial charge in [-0.2, -0.15) is 0 Å². The highest BCUT2D eigenvalue weighted by Gasteiger charge is 2.13. The maximum absolute atomic E-state index is 9.37. The van der Waals surface area contributed by atoms with E-state index in [1.807, 2.05) is 110 Å². The van der Waals surface area contributed by atoms with Gasteiger partial charge in [0.15, 0.2) is 0 Å². The van der Waals surface area contributed by atoms with Crippen molar-refractivity contribution in [3.8, 4) is 5.75 Å². The van der Waals surface area contributed by atoms with Crippen molar-refractivity contribution < 1.29 is 5.11 Å². The predicted octanol–water partition coefficient (Wildman–Crippen LogP) is 7.16. The SMILES string of the molecule is CC1=CC(=C(c2ccc(N)cc2)c2ccc(N)cc2)C=CC1=N.Cl.Oc1cccc2ccccc12. The number of hydrogen-bond acceptors (Lipinski definition) is 4. The molecule has 4 aromatic rings. The van der Waals surface area contributed by atoms with Crippen molar-refractivity contribution in [2.45, 2.75) is 6.92 Å². The maximum atomic E-state index is 9.37. The molecule has 4 aromatic carbocycles. The van der Waals surface area contributed by atoms with Crippen LogP contribution >= 0.6 is 12.4 Å². The summed E-state index contributed by atoms with van der Waals surface area (Å²) < 4.78 is 0. The summed E-state index contributed by atoms with van der Waals surface area (Å²) in [6.45, 7) is 1.95. The van der Waals surface area contributed by atoms with E-state index in [2.05, 4.69) is 0 Å². The molecule has 0 radical (unpaired) electrons. The summed E-state index contributed by atoms with van der Waals surface area (Å²) in [6, 6.07) is 29.0. The molecule has 0 saturated carbocycles. The molecule has 1 aliphatic carbocycles. The average Bonchev–Trinajstić information content (AvgIpc) is 2.85. The van der Waals surface area contributed by atoms with E-state index in [4.69, 9.17) is 16.9 Å². The Kier molecular flexibility index (Phi) is 8.13. The van der Waals surface area contributed by atoms with E-state index in [0.29, 0.717) is 11.5 Å².